The van der Waals surface area contributed by atoms with Crippen molar-refractivity contribution in [2.45, 2.75) is 17.7 Å². The van der Waals surface area contributed by atoms with Crippen LogP contribution in [0, 0.1) is 11.6 Å². The van der Waals surface area contributed by atoms with E-state index in [1.165, 1.54) is 37.2 Å². The number of hydrogen-bond acceptors (Lipinski definition) is 6. The topological polar surface area (TPSA) is 97.0 Å². The molecule has 1 heterocycles. The standard InChI is InChI=1S/C20H23F2N3O5S/c1-25(2)20-15(21)10-13(11-16(20)22)24-19(26)6-7-23-31(27,28)14-4-5-17-18(12-14)30-9-3-8-29-17/h4-5,10-12,23H,3,6-9H2,1-2H3,(H,24,26). The van der Waals surface area contributed by atoms with Crippen molar-refractivity contribution in [2.75, 3.05) is 44.1 Å². The quantitative estimate of drug-likeness (QED) is 0.666. The van der Waals surface area contributed by atoms with Crippen molar-refractivity contribution in [3.63, 3.8) is 0 Å². The summed E-state index contributed by atoms with van der Waals surface area (Å²) in [6.45, 7) is 0.697. The highest BCUT2D eigenvalue weighted by Crippen LogP contribution is 2.32. The van der Waals surface area contributed by atoms with E-state index in [1.807, 2.05) is 0 Å². The van der Waals surface area contributed by atoms with Gasteiger partial charge in [-0.25, -0.2) is 21.9 Å². The molecule has 0 atom stereocenters. The highest BCUT2D eigenvalue weighted by atomic mass is 32.2. The monoisotopic (exact) mass is 455 g/mol. The van der Waals surface area contributed by atoms with Gasteiger partial charge in [0.15, 0.2) is 23.1 Å². The third-order valence-corrected chi connectivity index (χ3v) is 5.88. The molecule has 2 aromatic carbocycles. The molecule has 0 aromatic heterocycles. The van der Waals surface area contributed by atoms with Crippen LogP contribution in [0.2, 0.25) is 0 Å². The van der Waals surface area contributed by atoms with Crippen LogP contribution in [0.3, 0.4) is 0 Å². The van der Waals surface area contributed by atoms with Gasteiger partial charge in [0.25, 0.3) is 0 Å². The molecule has 0 bridgehead atoms. The lowest BCUT2D eigenvalue weighted by molar-refractivity contribution is -0.116. The van der Waals surface area contributed by atoms with Crippen LogP contribution in [-0.4, -0.2) is 48.2 Å². The number of amides is 1. The summed E-state index contributed by atoms with van der Waals surface area (Å²) in [6.07, 6.45) is 0.457. The van der Waals surface area contributed by atoms with Crippen molar-refractivity contribution in [1.29, 1.82) is 0 Å². The molecule has 168 valence electrons. The SMILES string of the molecule is CN(C)c1c(F)cc(NC(=O)CCNS(=O)(=O)c2ccc3c(c2)OCCCO3)cc1F. The van der Waals surface area contributed by atoms with Crippen LogP contribution in [0.15, 0.2) is 35.2 Å². The van der Waals surface area contributed by atoms with Gasteiger partial charge in [0.05, 0.1) is 18.1 Å². The van der Waals surface area contributed by atoms with Crippen LogP contribution in [0.4, 0.5) is 20.2 Å². The molecule has 31 heavy (non-hydrogen) atoms. The summed E-state index contributed by atoms with van der Waals surface area (Å²) >= 11 is 0. The van der Waals surface area contributed by atoms with Gasteiger partial charge >= 0.3 is 0 Å². The highest BCUT2D eigenvalue weighted by Gasteiger charge is 2.19. The van der Waals surface area contributed by atoms with Crippen LogP contribution in [0.5, 0.6) is 11.5 Å². The van der Waals surface area contributed by atoms with E-state index in [0.29, 0.717) is 31.1 Å². The molecule has 11 heteroatoms. The molecule has 3 rings (SSSR count). The Kier molecular flexibility index (Phi) is 6.96. The average Bonchev–Trinajstić information content (AvgIpc) is 2.91. The average molecular weight is 455 g/mol. The molecule has 0 aliphatic carbocycles. The number of fused-ring (bicyclic) bond motifs is 1. The largest absolute Gasteiger partial charge is 0.490 e. The lowest BCUT2D eigenvalue weighted by atomic mass is 10.2. The van der Waals surface area contributed by atoms with Gasteiger partial charge in [-0.1, -0.05) is 0 Å². The van der Waals surface area contributed by atoms with Crippen LogP contribution >= 0.6 is 0 Å². The maximum Gasteiger partial charge on any atom is 0.240 e. The number of halogens is 2. The maximum absolute atomic E-state index is 14.0. The number of carbonyl (C=O) groups excluding carboxylic acids is 1. The summed E-state index contributed by atoms with van der Waals surface area (Å²) in [6, 6.07) is 6.26. The lowest BCUT2D eigenvalue weighted by Gasteiger charge is -2.16. The third kappa shape index (κ3) is 5.61. The predicted molar refractivity (Wildman–Crippen MR) is 111 cm³/mol. The van der Waals surface area contributed by atoms with Crippen LogP contribution < -0.4 is 24.4 Å². The summed E-state index contributed by atoms with van der Waals surface area (Å²) in [4.78, 5) is 13.3. The number of nitrogens with zero attached hydrogens (tertiary/aromatic N) is 1. The van der Waals surface area contributed by atoms with Crippen LogP contribution in [0.25, 0.3) is 0 Å². The minimum atomic E-state index is -3.89. The number of nitrogens with one attached hydrogen (secondary N) is 2. The van der Waals surface area contributed by atoms with E-state index in [4.69, 9.17) is 9.47 Å². The van der Waals surface area contributed by atoms with Crippen molar-refractivity contribution in [2.24, 2.45) is 0 Å². The lowest BCUT2D eigenvalue weighted by Crippen LogP contribution is -2.28. The Bertz CT molecular complexity index is 1050. The second-order valence-corrected chi connectivity index (χ2v) is 8.80. The molecular formula is C20H23F2N3O5S. The van der Waals surface area contributed by atoms with E-state index in [-0.39, 0.29) is 29.2 Å². The van der Waals surface area contributed by atoms with Crippen molar-refractivity contribution < 1.29 is 31.5 Å². The summed E-state index contributed by atoms with van der Waals surface area (Å²) in [5, 5.41) is 2.35. The second-order valence-electron chi connectivity index (χ2n) is 7.04. The fourth-order valence-corrected chi connectivity index (χ4v) is 4.03. The summed E-state index contributed by atoms with van der Waals surface area (Å²) in [5.74, 6) is -1.44. The zero-order valence-corrected chi connectivity index (χ0v) is 17.9. The van der Waals surface area contributed by atoms with Gasteiger partial charge < -0.3 is 19.7 Å². The molecule has 8 nitrogen and oxygen atoms in total. The van der Waals surface area contributed by atoms with Gasteiger partial charge in [-0.2, -0.15) is 0 Å². The molecule has 1 amide bonds. The molecule has 0 spiro atoms. The molecule has 0 unspecified atom stereocenters. The Morgan fingerprint density at radius 1 is 1.06 bits per heavy atom. The summed E-state index contributed by atoms with van der Waals surface area (Å²) < 4.78 is 66.3. The normalized spacial score (nSPS) is 13.4. The first kappa shape index (κ1) is 22.8. The Balaban J connectivity index is 1.58. The number of anilines is 2. The number of sulfonamides is 1. The summed E-state index contributed by atoms with van der Waals surface area (Å²) in [5.41, 5.74) is -0.280. The molecule has 0 saturated carbocycles. The number of ether oxygens (including phenoxy) is 2. The van der Waals surface area contributed by atoms with Crippen molar-refractivity contribution >= 4 is 27.3 Å². The summed E-state index contributed by atoms with van der Waals surface area (Å²) in [7, 11) is -0.904. The van der Waals surface area contributed by atoms with Gasteiger partial charge in [-0.3, -0.25) is 4.79 Å². The number of benzene rings is 2. The molecule has 0 radical (unpaired) electrons. The van der Waals surface area contributed by atoms with Crippen LogP contribution in [-0.2, 0) is 14.8 Å². The first-order valence-electron chi connectivity index (χ1n) is 9.53. The number of hydrogen-bond donors (Lipinski definition) is 2. The Hall–Kier alpha value is -2.92. The first-order chi connectivity index (χ1) is 14.7. The van der Waals surface area contributed by atoms with E-state index < -0.39 is 27.6 Å². The van der Waals surface area contributed by atoms with E-state index in [1.54, 1.807) is 0 Å². The van der Waals surface area contributed by atoms with E-state index in [2.05, 4.69) is 10.0 Å². The molecule has 1 aliphatic heterocycles. The second kappa shape index (κ2) is 9.48. The minimum absolute atomic E-state index is 0.0272. The smallest absolute Gasteiger partial charge is 0.240 e. The van der Waals surface area contributed by atoms with Gasteiger partial charge in [0.1, 0.15) is 5.69 Å². The van der Waals surface area contributed by atoms with Gasteiger partial charge in [-0.05, 0) is 24.3 Å². The number of rotatable bonds is 7. The molecular weight excluding hydrogens is 432 g/mol. The minimum Gasteiger partial charge on any atom is -0.490 e. The Morgan fingerprint density at radius 2 is 1.71 bits per heavy atom. The van der Waals surface area contributed by atoms with Gasteiger partial charge in [-0.15, -0.1) is 0 Å². The molecule has 2 N–H and O–H groups in total. The van der Waals surface area contributed by atoms with E-state index in [9.17, 15) is 22.0 Å². The fourth-order valence-electron chi connectivity index (χ4n) is 2.98. The van der Waals surface area contributed by atoms with E-state index >= 15 is 0 Å². The van der Waals surface area contributed by atoms with Crippen molar-refractivity contribution in [3.05, 3.63) is 42.0 Å². The predicted octanol–water partition coefficient (Wildman–Crippen LogP) is 2.50. The number of carbonyl (C=O) groups is 1. The van der Waals surface area contributed by atoms with Gasteiger partial charge in [0, 0.05) is 45.2 Å². The Morgan fingerprint density at radius 3 is 2.35 bits per heavy atom. The maximum atomic E-state index is 14.0. The molecule has 0 saturated heterocycles. The van der Waals surface area contributed by atoms with Gasteiger partial charge in [0.2, 0.25) is 15.9 Å². The van der Waals surface area contributed by atoms with E-state index in [0.717, 1.165) is 12.1 Å². The molecule has 2 aromatic rings. The fraction of sp³-hybridized carbons (Fsp3) is 0.350. The van der Waals surface area contributed by atoms with Crippen molar-refractivity contribution in [1.82, 2.24) is 4.72 Å². The van der Waals surface area contributed by atoms with Crippen LogP contribution in [0.1, 0.15) is 12.8 Å². The molecule has 1 aliphatic rings. The zero-order chi connectivity index (χ0) is 22.6. The highest BCUT2D eigenvalue weighted by molar-refractivity contribution is 7.89. The third-order valence-electron chi connectivity index (χ3n) is 4.42. The van der Waals surface area contributed by atoms with Crippen molar-refractivity contribution in [3.8, 4) is 11.5 Å². The first-order valence-corrected chi connectivity index (χ1v) is 11.0. The zero-order valence-electron chi connectivity index (χ0n) is 17.1. The molecule has 0 fully saturated rings. The Labute approximate surface area is 179 Å².